The summed E-state index contributed by atoms with van der Waals surface area (Å²) in [5.74, 6) is 0.761. The molecule has 1 aromatic carbocycles. The van der Waals surface area contributed by atoms with E-state index in [-0.39, 0.29) is 5.91 Å². The number of benzene rings is 1. The first-order valence-corrected chi connectivity index (χ1v) is 10.5. The molecule has 150 valence electrons. The van der Waals surface area contributed by atoms with Crippen molar-refractivity contribution in [2.75, 3.05) is 46.3 Å². The van der Waals surface area contributed by atoms with Crippen molar-refractivity contribution in [3.63, 3.8) is 0 Å². The third-order valence-corrected chi connectivity index (χ3v) is 6.22. The molecule has 2 fully saturated rings. The highest BCUT2D eigenvalue weighted by Gasteiger charge is 2.24. The maximum Gasteiger partial charge on any atom is 0.257 e. The Bertz CT molecular complexity index is 741. The van der Waals surface area contributed by atoms with E-state index in [1.807, 2.05) is 4.90 Å². The first kappa shape index (κ1) is 19.2. The van der Waals surface area contributed by atoms with Crippen LogP contribution in [0.15, 0.2) is 47.3 Å². The Kier molecular flexibility index (Phi) is 6.13. The minimum absolute atomic E-state index is 0.0976. The van der Waals surface area contributed by atoms with Crippen molar-refractivity contribution in [3.8, 4) is 0 Å². The number of hydrogen-bond donors (Lipinski definition) is 0. The zero-order valence-corrected chi connectivity index (χ0v) is 16.8. The second-order valence-corrected chi connectivity index (χ2v) is 8.35. The summed E-state index contributed by atoms with van der Waals surface area (Å²) in [6, 6.07) is 10.9. The van der Waals surface area contributed by atoms with Gasteiger partial charge in [0.1, 0.15) is 6.26 Å². The molecule has 2 saturated heterocycles. The molecule has 0 aliphatic carbocycles. The standard InChI is InChI=1S/C23H31N3O2/c1-24-11-13-25(14-12-24)17-21-4-2-19(3-5-21)16-20-6-9-26(10-7-20)23(27)22-8-15-28-18-22/h2-5,8,15,18,20H,6-7,9-14,16-17H2,1H3. The molecule has 5 nitrogen and oxygen atoms in total. The number of likely N-dealkylation sites (tertiary alicyclic amines) is 1. The highest BCUT2D eigenvalue weighted by atomic mass is 16.3. The lowest BCUT2D eigenvalue weighted by molar-refractivity contribution is 0.0690. The lowest BCUT2D eigenvalue weighted by Crippen LogP contribution is -2.43. The number of likely N-dealkylation sites (N-methyl/N-ethyl adjacent to an activating group) is 1. The van der Waals surface area contributed by atoms with Gasteiger partial charge < -0.3 is 14.2 Å². The van der Waals surface area contributed by atoms with Gasteiger partial charge in [0, 0.05) is 45.8 Å². The summed E-state index contributed by atoms with van der Waals surface area (Å²) in [6.07, 6.45) is 6.37. The van der Waals surface area contributed by atoms with Crippen LogP contribution in [0.25, 0.3) is 0 Å². The highest BCUT2D eigenvalue weighted by Crippen LogP contribution is 2.23. The second-order valence-electron chi connectivity index (χ2n) is 8.35. The van der Waals surface area contributed by atoms with Gasteiger partial charge in [-0.15, -0.1) is 0 Å². The van der Waals surface area contributed by atoms with Gasteiger partial charge in [0.2, 0.25) is 0 Å². The van der Waals surface area contributed by atoms with Crippen molar-refractivity contribution in [2.24, 2.45) is 5.92 Å². The van der Waals surface area contributed by atoms with Gasteiger partial charge in [-0.2, -0.15) is 0 Å². The van der Waals surface area contributed by atoms with Crippen molar-refractivity contribution >= 4 is 5.91 Å². The van der Waals surface area contributed by atoms with Crippen molar-refractivity contribution in [3.05, 3.63) is 59.5 Å². The van der Waals surface area contributed by atoms with Crippen LogP contribution in [-0.2, 0) is 13.0 Å². The highest BCUT2D eigenvalue weighted by molar-refractivity contribution is 5.93. The quantitative estimate of drug-likeness (QED) is 0.798. The number of piperidine rings is 1. The third kappa shape index (κ3) is 4.83. The van der Waals surface area contributed by atoms with E-state index in [1.54, 1.807) is 12.3 Å². The average Bonchev–Trinajstić information content (AvgIpc) is 3.26. The summed E-state index contributed by atoms with van der Waals surface area (Å²) < 4.78 is 5.04. The Labute approximate surface area is 167 Å². The summed E-state index contributed by atoms with van der Waals surface area (Å²) in [6.45, 7) is 7.40. The summed E-state index contributed by atoms with van der Waals surface area (Å²) in [5.41, 5.74) is 3.49. The van der Waals surface area contributed by atoms with Gasteiger partial charge in [-0.05, 0) is 49.4 Å². The molecule has 0 atom stereocenters. The lowest BCUT2D eigenvalue weighted by Gasteiger charge is -2.32. The van der Waals surface area contributed by atoms with Gasteiger partial charge in [-0.1, -0.05) is 24.3 Å². The molecule has 0 spiro atoms. The number of nitrogens with zero attached hydrogens (tertiary/aromatic N) is 3. The number of piperazine rings is 1. The normalized spacial score (nSPS) is 19.8. The molecule has 0 unspecified atom stereocenters. The summed E-state index contributed by atoms with van der Waals surface area (Å²) in [5, 5.41) is 0. The first-order chi connectivity index (χ1) is 13.7. The Morgan fingerprint density at radius 3 is 2.29 bits per heavy atom. The van der Waals surface area contributed by atoms with Crippen molar-refractivity contribution in [2.45, 2.75) is 25.8 Å². The Balaban J connectivity index is 1.23. The molecule has 0 bridgehead atoms. The smallest absolute Gasteiger partial charge is 0.257 e. The van der Waals surface area contributed by atoms with Crippen LogP contribution in [0, 0.1) is 5.92 Å². The van der Waals surface area contributed by atoms with E-state index in [1.165, 1.54) is 30.5 Å². The second kappa shape index (κ2) is 8.93. The number of hydrogen-bond acceptors (Lipinski definition) is 4. The molecule has 2 aliphatic heterocycles. The van der Waals surface area contributed by atoms with Crippen LogP contribution >= 0.6 is 0 Å². The van der Waals surface area contributed by atoms with E-state index in [0.29, 0.717) is 11.5 Å². The SMILES string of the molecule is CN1CCN(Cc2ccc(CC3CCN(C(=O)c4ccoc4)CC3)cc2)CC1. The summed E-state index contributed by atoms with van der Waals surface area (Å²) >= 11 is 0. The number of rotatable bonds is 5. The molecule has 0 N–H and O–H groups in total. The maximum absolute atomic E-state index is 12.4. The molecule has 2 aromatic rings. The average molecular weight is 382 g/mol. The van der Waals surface area contributed by atoms with Crippen molar-refractivity contribution in [1.29, 1.82) is 0 Å². The van der Waals surface area contributed by atoms with E-state index in [2.05, 4.69) is 41.1 Å². The van der Waals surface area contributed by atoms with Gasteiger partial charge in [0.05, 0.1) is 11.8 Å². The zero-order valence-electron chi connectivity index (χ0n) is 16.8. The van der Waals surface area contributed by atoms with Crippen LogP contribution in [0.1, 0.15) is 34.3 Å². The Morgan fingerprint density at radius 2 is 1.64 bits per heavy atom. The molecule has 1 amide bonds. The molecule has 1 aromatic heterocycles. The largest absolute Gasteiger partial charge is 0.472 e. The van der Waals surface area contributed by atoms with Crippen molar-refractivity contribution in [1.82, 2.24) is 14.7 Å². The Morgan fingerprint density at radius 1 is 0.964 bits per heavy atom. The number of carbonyl (C=O) groups is 1. The summed E-state index contributed by atoms with van der Waals surface area (Å²) in [4.78, 5) is 19.3. The topological polar surface area (TPSA) is 39.9 Å². The lowest BCUT2D eigenvalue weighted by atomic mass is 9.89. The van der Waals surface area contributed by atoms with Gasteiger partial charge in [0.25, 0.3) is 5.91 Å². The molecule has 3 heterocycles. The first-order valence-electron chi connectivity index (χ1n) is 10.5. The molecule has 2 aliphatic rings. The van der Waals surface area contributed by atoms with Crippen LogP contribution in [0.5, 0.6) is 0 Å². The van der Waals surface area contributed by atoms with Crippen molar-refractivity contribution < 1.29 is 9.21 Å². The number of amides is 1. The number of furan rings is 1. The predicted molar refractivity (Wildman–Crippen MR) is 110 cm³/mol. The molecule has 0 saturated carbocycles. The molecule has 5 heteroatoms. The van der Waals surface area contributed by atoms with Crippen LogP contribution in [0.4, 0.5) is 0 Å². The van der Waals surface area contributed by atoms with E-state index in [4.69, 9.17) is 4.42 Å². The van der Waals surface area contributed by atoms with Gasteiger partial charge in [0.15, 0.2) is 0 Å². The van der Waals surface area contributed by atoms with Crippen LogP contribution < -0.4 is 0 Å². The number of carbonyl (C=O) groups excluding carboxylic acids is 1. The van der Waals surface area contributed by atoms with Gasteiger partial charge >= 0.3 is 0 Å². The van der Waals surface area contributed by atoms with Crippen LogP contribution in [0.3, 0.4) is 0 Å². The van der Waals surface area contributed by atoms with Crippen LogP contribution in [0.2, 0.25) is 0 Å². The predicted octanol–water partition coefficient (Wildman–Crippen LogP) is 3.12. The van der Waals surface area contributed by atoms with E-state index in [9.17, 15) is 4.79 Å². The van der Waals surface area contributed by atoms with E-state index in [0.717, 1.165) is 52.0 Å². The summed E-state index contributed by atoms with van der Waals surface area (Å²) in [7, 11) is 2.20. The van der Waals surface area contributed by atoms with Gasteiger partial charge in [-0.25, -0.2) is 0 Å². The zero-order chi connectivity index (χ0) is 19.3. The third-order valence-electron chi connectivity index (χ3n) is 6.22. The van der Waals surface area contributed by atoms with Gasteiger partial charge in [-0.3, -0.25) is 9.69 Å². The molecular weight excluding hydrogens is 350 g/mol. The van der Waals surface area contributed by atoms with E-state index >= 15 is 0 Å². The fourth-order valence-corrected chi connectivity index (χ4v) is 4.29. The molecule has 4 rings (SSSR count). The molecule has 0 radical (unpaired) electrons. The molecular formula is C23H31N3O2. The minimum Gasteiger partial charge on any atom is -0.472 e. The maximum atomic E-state index is 12.4. The fourth-order valence-electron chi connectivity index (χ4n) is 4.29. The van der Waals surface area contributed by atoms with Crippen LogP contribution in [-0.4, -0.2) is 66.9 Å². The molecule has 28 heavy (non-hydrogen) atoms. The Hall–Kier alpha value is -2.11. The van der Waals surface area contributed by atoms with E-state index < -0.39 is 0 Å². The fraction of sp³-hybridized carbons (Fsp3) is 0.522. The monoisotopic (exact) mass is 381 g/mol. The minimum atomic E-state index is 0.0976.